The van der Waals surface area contributed by atoms with Gasteiger partial charge in [-0.25, -0.2) is 0 Å². The molecule has 0 saturated heterocycles. The van der Waals surface area contributed by atoms with Crippen LogP contribution < -0.4 is 14.8 Å². The lowest BCUT2D eigenvalue weighted by Gasteiger charge is -2.20. The van der Waals surface area contributed by atoms with Crippen LogP contribution in [0, 0.1) is 5.92 Å². The molecule has 190 valence electrons. The van der Waals surface area contributed by atoms with E-state index in [1.807, 2.05) is 20.8 Å². The molecule has 34 heavy (non-hydrogen) atoms. The standard InChI is InChI=1S/C25H37NO8/c1-6-9-22(27)33-20-12-11-18(14-21(20)34-23(28)10-7-2)13-19(24(29)30)26-15-17(5)32-25(31)16(4)8-3/h11-12,14,16-17,19,26H,6-10,13,15H2,1-5H3,(H,29,30)/t16?,17?,19-/m0/s1. The summed E-state index contributed by atoms with van der Waals surface area (Å²) < 4.78 is 16.0. The van der Waals surface area contributed by atoms with Gasteiger partial charge in [0, 0.05) is 19.4 Å². The summed E-state index contributed by atoms with van der Waals surface area (Å²) >= 11 is 0. The monoisotopic (exact) mass is 479 g/mol. The Bertz CT molecular complexity index is 838. The number of ether oxygens (including phenoxy) is 3. The van der Waals surface area contributed by atoms with E-state index in [1.54, 1.807) is 19.9 Å². The van der Waals surface area contributed by atoms with E-state index in [1.165, 1.54) is 12.1 Å². The van der Waals surface area contributed by atoms with Crippen molar-refractivity contribution in [3.63, 3.8) is 0 Å². The minimum atomic E-state index is -1.08. The van der Waals surface area contributed by atoms with E-state index in [2.05, 4.69) is 5.32 Å². The molecule has 0 amide bonds. The van der Waals surface area contributed by atoms with E-state index in [-0.39, 0.29) is 49.2 Å². The summed E-state index contributed by atoms with van der Waals surface area (Å²) in [5.74, 6) is -2.38. The molecule has 0 aliphatic carbocycles. The molecule has 0 radical (unpaired) electrons. The Morgan fingerprint density at radius 2 is 1.53 bits per heavy atom. The Morgan fingerprint density at radius 1 is 0.941 bits per heavy atom. The van der Waals surface area contributed by atoms with Crippen molar-refractivity contribution in [1.29, 1.82) is 0 Å². The number of aliphatic carboxylic acids is 1. The lowest BCUT2D eigenvalue weighted by Crippen LogP contribution is -2.43. The average Bonchev–Trinajstić information content (AvgIpc) is 2.77. The third-order valence-corrected chi connectivity index (χ3v) is 5.09. The SMILES string of the molecule is CCCC(=O)Oc1ccc(C[C@H](NCC(C)OC(=O)C(C)CC)C(=O)O)cc1OC(=O)CCC. The summed E-state index contributed by atoms with van der Waals surface area (Å²) in [5.41, 5.74) is 0.568. The van der Waals surface area contributed by atoms with Gasteiger partial charge in [-0.15, -0.1) is 0 Å². The molecule has 0 fully saturated rings. The lowest BCUT2D eigenvalue weighted by molar-refractivity contribution is -0.152. The first-order valence-electron chi connectivity index (χ1n) is 11.8. The summed E-state index contributed by atoms with van der Waals surface area (Å²) in [6.07, 6.45) is 1.84. The second-order valence-electron chi connectivity index (χ2n) is 8.29. The topological polar surface area (TPSA) is 128 Å². The minimum absolute atomic E-state index is 0.0698. The van der Waals surface area contributed by atoms with E-state index in [0.29, 0.717) is 24.8 Å². The molecule has 1 aromatic rings. The zero-order valence-electron chi connectivity index (χ0n) is 20.7. The van der Waals surface area contributed by atoms with Gasteiger partial charge >= 0.3 is 23.9 Å². The van der Waals surface area contributed by atoms with E-state index < -0.39 is 30.1 Å². The van der Waals surface area contributed by atoms with E-state index in [4.69, 9.17) is 14.2 Å². The molecule has 0 aromatic heterocycles. The summed E-state index contributed by atoms with van der Waals surface area (Å²) in [7, 11) is 0. The molecule has 2 unspecified atom stereocenters. The normalized spacial score (nSPS) is 13.4. The summed E-state index contributed by atoms with van der Waals surface area (Å²) in [6.45, 7) is 9.19. The van der Waals surface area contributed by atoms with E-state index >= 15 is 0 Å². The van der Waals surface area contributed by atoms with Gasteiger partial charge in [-0.3, -0.25) is 19.2 Å². The van der Waals surface area contributed by atoms with Crippen LogP contribution in [0.2, 0.25) is 0 Å². The fourth-order valence-electron chi connectivity index (χ4n) is 2.91. The van der Waals surface area contributed by atoms with Gasteiger partial charge in [0.05, 0.1) is 5.92 Å². The average molecular weight is 480 g/mol. The van der Waals surface area contributed by atoms with Gasteiger partial charge in [0.1, 0.15) is 12.1 Å². The summed E-state index contributed by atoms with van der Waals surface area (Å²) in [6, 6.07) is 3.65. The number of carbonyl (C=O) groups is 4. The molecule has 9 nitrogen and oxygen atoms in total. The number of rotatable bonds is 15. The van der Waals surface area contributed by atoms with Crippen molar-refractivity contribution < 1.29 is 38.5 Å². The van der Waals surface area contributed by atoms with Gasteiger partial charge in [-0.1, -0.05) is 33.8 Å². The van der Waals surface area contributed by atoms with Crippen molar-refractivity contribution in [2.75, 3.05) is 6.54 Å². The van der Waals surface area contributed by atoms with Crippen LogP contribution in [0.4, 0.5) is 0 Å². The molecule has 2 N–H and O–H groups in total. The van der Waals surface area contributed by atoms with Crippen LogP contribution in [0.3, 0.4) is 0 Å². The van der Waals surface area contributed by atoms with Gasteiger partial charge in [-0.05, 0) is 50.3 Å². The van der Waals surface area contributed by atoms with Crippen molar-refractivity contribution in [3.8, 4) is 11.5 Å². The summed E-state index contributed by atoms with van der Waals surface area (Å²) in [5, 5.41) is 12.6. The molecule has 1 aromatic carbocycles. The molecule has 1 rings (SSSR count). The first-order chi connectivity index (χ1) is 16.1. The third-order valence-electron chi connectivity index (χ3n) is 5.09. The Balaban J connectivity index is 2.94. The fourth-order valence-corrected chi connectivity index (χ4v) is 2.91. The second kappa shape index (κ2) is 15.1. The highest BCUT2D eigenvalue weighted by Crippen LogP contribution is 2.30. The second-order valence-corrected chi connectivity index (χ2v) is 8.29. The van der Waals surface area contributed by atoms with Crippen LogP contribution in [-0.2, 0) is 30.3 Å². The van der Waals surface area contributed by atoms with Crippen molar-refractivity contribution in [3.05, 3.63) is 23.8 Å². The van der Waals surface area contributed by atoms with E-state index in [9.17, 15) is 24.3 Å². The Hall–Kier alpha value is -2.94. The Morgan fingerprint density at radius 3 is 2.06 bits per heavy atom. The highest BCUT2D eigenvalue weighted by atomic mass is 16.6. The Kier molecular flexibility index (Phi) is 12.9. The predicted octanol–water partition coefficient (Wildman–Crippen LogP) is 3.66. The fraction of sp³-hybridized carbons (Fsp3) is 0.600. The largest absolute Gasteiger partial charge is 0.480 e. The van der Waals surface area contributed by atoms with Crippen molar-refractivity contribution >= 4 is 23.9 Å². The Labute approximate surface area is 201 Å². The molecule has 0 aliphatic heterocycles. The maximum absolute atomic E-state index is 12.0. The maximum Gasteiger partial charge on any atom is 0.321 e. The molecular weight excluding hydrogens is 442 g/mol. The number of hydrogen-bond donors (Lipinski definition) is 2. The predicted molar refractivity (Wildman–Crippen MR) is 126 cm³/mol. The highest BCUT2D eigenvalue weighted by molar-refractivity contribution is 5.77. The number of benzene rings is 1. The smallest absolute Gasteiger partial charge is 0.321 e. The van der Waals surface area contributed by atoms with Gasteiger partial charge < -0.3 is 24.6 Å². The maximum atomic E-state index is 12.0. The molecule has 0 bridgehead atoms. The number of hydrogen-bond acceptors (Lipinski definition) is 8. The van der Waals surface area contributed by atoms with Crippen molar-refractivity contribution in [2.24, 2.45) is 5.92 Å². The van der Waals surface area contributed by atoms with Crippen LogP contribution in [-0.4, -0.2) is 47.7 Å². The zero-order valence-corrected chi connectivity index (χ0v) is 20.7. The third kappa shape index (κ3) is 10.3. The van der Waals surface area contributed by atoms with Crippen LogP contribution in [0.1, 0.15) is 72.3 Å². The van der Waals surface area contributed by atoms with Gasteiger partial charge in [0.25, 0.3) is 0 Å². The number of carboxylic acids is 1. The van der Waals surface area contributed by atoms with E-state index in [0.717, 1.165) is 0 Å². The molecule has 9 heteroatoms. The lowest BCUT2D eigenvalue weighted by atomic mass is 10.0. The van der Waals surface area contributed by atoms with Crippen molar-refractivity contribution in [1.82, 2.24) is 5.32 Å². The highest BCUT2D eigenvalue weighted by Gasteiger charge is 2.22. The molecule has 0 saturated carbocycles. The number of esters is 3. The van der Waals surface area contributed by atoms with Gasteiger partial charge in [0.2, 0.25) is 0 Å². The number of carboxylic acid groups (broad SMARTS) is 1. The first-order valence-corrected chi connectivity index (χ1v) is 11.8. The molecule has 3 atom stereocenters. The van der Waals surface area contributed by atoms with Crippen LogP contribution in [0.5, 0.6) is 11.5 Å². The van der Waals surface area contributed by atoms with Crippen LogP contribution in [0.25, 0.3) is 0 Å². The van der Waals surface area contributed by atoms with Crippen LogP contribution in [0.15, 0.2) is 18.2 Å². The van der Waals surface area contributed by atoms with Gasteiger partial charge in [-0.2, -0.15) is 0 Å². The number of nitrogens with one attached hydrogen (secondary N) is 1. The quantitative estimate of drug-likeness (QED) is 0.286. The zero-order chi connectivity index (χ0) is 25.7. The van der Waals surface area contributed by atoms with Crippen LogP contribution >= 0.6 is 0 Å². The molecule has 0 spiro atoms. The molecular formula is C25H37NO8. The van der Waals surface area contributed by atoms with Gasteiger partial charge in [0.15, 0.2) is 11.5 Å². The van der Waals surface area contributed by atoms with Crippen molar-refractivity contribution in [2.45, 2.75) is 85.3 Å². The first kappa shape index (κ1) is 29.1. The minimum Gasteiger partial charge on any atom is -0.480 e. The molecule has 0 aliphatic rings. The number of carbonyl (C=O) groups excluding carboxylic acids is 3. The molecule has 0 heterocycles. The summed E-state index contributed by atoms with van der Waals surface area (Å²) in [4.78, 5) is 47.7.